The van der Waals surface area contributed by atoms with Gasteiger partial charge in [-0.3, -0.25) is 9.59 Å². The first-order chi connectivity index (χ1) is 8.61. The molecule has 0 aromatic heterocycles. The lowest BCUT2D eigenvalue weighted by molar-refractivity contribution is -0.140. The molecule has 18 heavy (non-hydrogen) atoms. The van der Waals surface area contributed by atoms with Crippen LogP contribution in [0.25, 0.3) is 0 Å². The van der Waals surface area contributed by atoms with Gasteiger partial charge < -0.3 is 4.74 Å². The fourth-order valence-corrected chi connectivity index (χ4v) is 2.27. The van der Waals surface area contributed by atoms with Crippen molar-refractivity contribution < 1.29 is 14.3 Å². The lowest BCUT2D eigenvalue weighted by Gasteiger charge is -1.89. The van der Waals surface area contributed by atoms with E-state index in [9.17, 15) is 9.59 Å². The average molecular weight is 276 g/mol. The molecule has 0 bridgehead atoms. The Labute approximate surface area is 116 Å². The number of ether oxygens (including phenoxy) is 1. The van der Waals surface area contributed by atoms with Crippen LogP contribution in [-0.2, 0) is 14.3 Å². The van der Waals surface area contributed by atoms with Crippen molar-refractivity contribution in [3.8, 4) is 0 Å². The van der Waals surface area contributed by atoms with Crippen LogP contribution in [0.5, 0.6) is 0 Å². The first kappa shape index (κ1) is 19.8. The minimum absolute atomic E-state index is 0.0417. The molecule has 2 fully saturated rings. The topological polar surface area (TPSA) is 43.4 Å². The Kier molecular flexibility index (Phi) is 14.2. The summed E-state index contributed by atoms with van der Waals surface area (Å²) < 4.78 is 4.63. The molecule has 2 saturated heterocycles. The van der Waals surface area contributed by atoms with Crippen LogP contribution >= 0.6 is 11.8 Å². The second-order valence-corrected chi connectivity index (χ2v) is 4.81. The number of carbonyl (C=O) groups excluding carboxylic acids is 2. The number of rotatable bonds is 0. The Morgan fingerprint density at radius 1 is 1.00 bits per heavy atom. The number of esters is 1. The molecule has 108 valence electrons. The Bertz CT molecular complexity index is 205. The summed E-state index contributed by atoms with van der Waals surface area (Å²) in [6, 6.07) is 0. The Morgan fingerprint density at radius 3 is 1.67 bits per heavy atom. The molecule has 0 aromatic carbocycles. The van der Waals surface area contributed by atoms with E-state index in [0.29, 0.717) is 17.6 Å². The third-order valence-electron chi connectivity index (χ3n) is 2.40. The molecule has 2 rings (SSSR count). The van der Waals surface area contributed by atoms with Gasteiger partial charge in [0, 0.05) is 11.7 Å². The highest BCUT2D eigenvalue weighted by Crippen LogP contribution is 2.24. The highest BCUT2D eigenvalue weighted by atomic mass is 32.2. The Morgan fingerprint density at radius 2 is 1.56 bits per heavy atom. The molecule has 2 aliphatic rings. The standard InChI is InChI=1S/C5H8O2.C5H8OS.2C2H6/c2*1-4-2-3-7-5(4)6;2*1-2/h2*4H,2-3H2,1H3;2*1-2H3. The van der Waals surface area contributed by atoms with E-state index >= 15 is 0 Å². The van der Waals surface area contributed by atoms with Crippen LogP contribution in [0.1, 0.15) is 54.4 Å². The summed E-state index contributed by atoms with van der Waals surface area (Å²) in [4.78, 5) is 20.9. The zero-order valence-corrected chi connectivity index (χ0v) is 13.4. The largest absolute Gasteiger partial charge is 0.465 e. The van der Waals surface area contributed by atoms with E-state index in [2.05, 4.69) is 4.74 Å². The van der Waals surface area contributed by atoms with Crippen molar-refractivity contribution in [2.24, 2.45) is 11.8 Å². The van der Waals surface area contributed by atoms with E-state index in [-0.39, 0.29) is 11.9 Å². The van der Waals surface area contributed by atoms with Crippen LogP contribution in [0.2, 0.25) is 0 Å². The maximum atomic E-state index is 10.5. The minimum atomic E-state index is -0.0417. The van der Waals surface area contributed by atoms with Gasteiger partial charge in [0.05, 0.1) is 12.5 Å². The zero-order chi connectivity index (χ0) is 14.6. The normalized spacial score (nSPS) is 24.8. The molecule has 2 heterocycles. The number of cyclic esters (lactones) is 1. The molecule has 0 aromatic rings. The molecule has 2 unspecified atom stereocenters. The summed E-state index contributed by atoms with van der Waals surface area (Å²) in [5.41, 5.74) is 0. The molecule has 0 radical (unpaired) electrons. The van der Waals surface area contributed by atoms with Gasteiger partial charge in [-0.1, -0.05) is 53.3 Å². The second-order valence-electron chi connectivity index (χ2n) is 3.71. The maximum absolute atomic E-state index is 10.5. The second kappa shape index (κ2) is 12.9. The van der Waals surface area contributed by atoms with Gasteiger partial charge in [-0.2, -0.15) is 0 Å². The van der Waals surface area contributed by atoms with Crippen LogP contribution in [0.4, 0.5) is 0 Å². The van der Waals surface area contributed by atoms with E-state index < -0.39 is 0 Å². The molecular weight excluding hydrogens is 248 g/mol. The van der Waals surface area contributed by atoms with Gasteiger partial charge in [-0.15, -0.1) is 0 Å². The lowest BCUT2D eigenvalue weighted by atomic mass is 10.2. The van der Waals surface area contributed by atoms with Crippen LogP contribution in [0.3, 0.4) is 0 Å². The fraction of sp³-hybridized carbons (Fsp3) is 0.857. The maximum Gasteiger partial charge on any atom is 0.308 e. The van der Waals surface area contributed by atoms with Gasteiger partial charge in [-0.05, 0) is 12.8 Å². The molecule has 4 heteroatoms. The van der Waals surface area contributed by atoms with E-state index in [1.54, 1.807) is 0 Å². The van der Waals surface area contributed by atoms with E-state index in [4.69, 9.17) is 0 Å². The predicted octanol–water partition coefficient (Wildman–Crippen LogP) is 3.91. The van der Waals surface area contributed by atoms with Crippen molar-refractivity contribution in [1.29, 1.82) is 0 Å². The predicted molar refractivity (Wildman–Crippen MR) is 78.7 cm³/mol. The molecule has 0 amide bonds. The van der Waals surface area contributed by atoms with Crippen molar-refractivity contribution in [2.75, 3.05) is 12.4 Å². The van der Waals surface area contributed by atoms with E-state index in [1.165, 1.54) is 11.8 Å². The third-order valence-corrected chi connectivity index (χ3v) is 3.52. The number of hydrogen-bond acceptors (Lipinski definition) is 4. The number of thioether (sulfide) groups is 1. The summed E-state index contributed by atoms with van der Waals surface area (Å²) in [6.45, 7) is 12.5. The summed E-state index contributed by atoms with van der Waals surface area (Å²) >= 11 is 1.47. The van der Waals surface area contributed by atoms with Crippen molar-refractivity contribution in [3.63, 3.8) is 0 Å². The highest BCUT2D eigenvalue weighted by Gasteiger charge is 2.20. The molecule has 0 spiro atoms. The van der Waals surface area contributed by atoms with Gasteiger partial charge in [0.1, 0.15) is 0 Å². The van der Waals surface area contributed by atoms with Crippen molar-refractivity contribution in [3.05, 3.63) is 0 Å². The summed E-state index contributed by atoms with van der Waals surface area (Å²) in [5.74, 6) is 1.49. The molecule has 0 aliphatic carbocycles. The molecule has 0 N–H and O–H groups in total. The van der Waals surface area contributed by atoms with Crippen molar-refractivity contribution >= 4 is 22.8 Å². The smallest absolute Gasteiger partial charge is 0.308 e. The summed E-state index contributed by atoms with van der Waals surface area (Å²) in [5, 5.41) is 0.375. The van der Waals surface area contributed by atoms with Gasteiger partial charge in [0.15, 0.2) is 5.12 Å². The quantitative estimate of drug-likeness (QED) is 0.629. The molecular formula is C14H28O3S. The van der Waals surface area contributed by atoms with Gasteiger partial charge >= 0.3 is 5.97 Å². The summed E-state index contributed by atoms with van der Waals surface area (Å²) in [6.07, 6.45) is 1.99. The number of carbonyl (C=O) groups is 2. The molecule has 0 saturated carbocycles. The monoisotopic (exact) mass is 276 g/mol. The summed E-state index contributed by atoms with van der Waals surface area (Å²) in [7, 11) is 0. The Hall–Kier alpha value is -0.510. The lowest BCUT2D eigenvalue weighted by Crippen LogP contribution is -2.00. The molecule has 2 atom stereocenters. The van der Waals surface area contributed by atoms with Gasteiger partial charge in [0.2, 0.25) is 0 Å². The van der Waals surface area contributed by atoms with Crippen molar-refractivity contribution in [1.82, 2.24) is 0 Å². The van der Waals surface area contributed by atoms with Crippen LogP contribution < -0.4 is 0 Å². The highest BCUT2D eigenvalue weighted by molar-refractivity contribution is 8.14. The average Bonchev–Trinajstić information content (AvgIpc) is 2.96. The first-order valence-electron chi connectivity index (χ1n) is 6.94. The fourth-order valence-electron chi connectivity index (χ4n) is 1.19. The van der Waals surface area contributed by atoms with E-state index in [0.717, 1.165) is 18.6 Å². The third kappa shape index (κ3) is 8.56. The van der Waals surface area contributed by atoms with Gasteiger partial charge in [0.25, 0.3) is 0 Å². The van der Waals surface area contributed by atoms with Gasteiger partial charge in [-0.25, -0.2) is 0 Å². The SMILES string of the molecule is CC.CC.CC1CCOC1=O.CC1CCSC1=O. The van der Waals surface area contributed by atoms with E-state index in [1.807, 2.05) is 41.5 Å². The zero-order valence-electron chi connectivity index (χ0n) is 12.6. The number of hydrogen-bond donors (Lipinski definition) is 0. The molecule has 3 nitrogen and oxygen atoms in total. The first-order valence-corrected chi connectivity index (χ1v) is 7.93. The van der Waals surface area contributed by atoms with Crippen molar-refractivity contribution in [2.45, 2.75) is 54.4 Å². The van der Waals surface area contributed by atoms with Crippen LogP contribution in [0.15, 0.2) is 0 Å². The molecule has 2 aliphatic heterocycles. The Balaban J connectivity index is 0. The van der Waals surface area contributed by atoms with Crippen LogP contribution in [0, 0.1) is 11.8 Å². The van der Waals surface area contributed by atoms with Crippen LogP contribution in [-0.4, -0.2) is 23.4 Å². The minimum Gasteiger partial charge on any atom is -0.465 e.